The molecule has 1 aliphatic heterocycles. The minimum Gasteiger partial charge on any atom is -0.457 e. The molecule has 0 radical (unpaired) electrons. The molecule has 0 saturated carbocycles. The number of halogens is 6. The van der Waals surface area contributed by atoms with Gasteiger partial charge in [0.1, 0.15) is 28.7 Å². The first kappa shape index (κ1) is 29.8. The molecule has 1 heterocycles. The first-order chi connectivity index (χ1) is 20.2. The number of rotatable bonds is 7. The third-order valence-corrected chi connectivity index (χ3v) is 7.26. The van der Waals surface area contributed by atoms with Crippen LogP contribution in [-0.2, 0) is 17.5 Å². The minimum atomic E-state index is -4.82. The van der Waals surface area contributed by atoms with Crippen molar-refractivity contribution in [2.45, 2.75) is 32.1 Å². The largest absolute Gasteiger partial charge is 0.457 e. The maximum Gasteiger partial charge on any atom is 0.420 e. The summed E-state index contributed by atoms with van der Waals surface area (Å²) in [6.45, 7) is 2.92. The van der Waals surface area contributed by atoms with E-state index < -0.39 is 46.6 Å². The second-order valence-electron chi connectivity index (χ2n) is 10.3. The number of anilines is 2. The Kier molecular flexibility index (Phi) is 7.78. The molecule has 0 bridgehead atoms. The van der Waals surface area contributed by atoms with Crippen LogP contribution in [0.1, 0.15) is 25.0 Å². The molecule has 0 aromatic heterocycles. The highest BCUT2D eigenvalue weighted by molar-refractivity contribution is 6.30. The van der Waals surface area contributed by atoms with Crippen LogP contribution in [0.25, 0.3) is 11.1 Å². The molecule has 4 aromatic carbocycles. The molecule has 1 aliphatic rings. The van der Waals surface area contributed by atoms with Crippen molar-refractivity contribution >= 4 is 34.9 Å². The molecule has 222 valence electrons. The van der Waals surface area contributed by atoms with Crippen LogP contribution in [0.5, 0.6) is 11.5 Å². The van der Waals surface area contributed by atoms with Crippen LogP contribution in [0.3, 0.4) is 0 Å². The Morgan fingerprint density at radius 2 is 1.67 bits per heavy atom. The first-order valence-electron chi connectivity index (χ1n) is 12.9. The van der Waals surface area contributed by atoms with E-state index in [0.717, 1.165) is 24.3 Å². The number of imide groups is 1. The van der Waals surface area contributed by atoms with Gasteiger partial charge in [-0.05, 0) is 73.5 Å². The highest BCUT2D eigenvalue weighted by atomic mass is 35.5. The first-order valence-corrected chi connectivity index (χ1v) is 13.2. The Hall–Kier alpha value is -4.64. The van der Waals surface area contributed by atoms with Crippen molar-refractivity contribution in [3.8, 4) is 22.6 Å². The number of nitrogens with one attached hydrogen (secondary N) is 2. The van der Waals surface area contributed by atoms with Gasteiger partial charge in [0.25, 0.3) is 5.91 Å². The number of para-hydroxylation sites is 1. The van der Waals surface area contributed by atoms with Gasteiger partial charge in [0.15, 0.2) is 0 Å². The molecule has 2 N–H and O–H groups in total. The van der Waals surface area contributed by atoms with Crippen LogP contribution >= 0.6 is 11.6 Å². The summed E-state index contributed by atoms with van der Waals surface area (Å²) in [6, 6.07) is 16.1. The fraction of sp³-hybridized carbons (Fsp3) is 0.161. The summed E-state index contributed by atoms with van der Waals surface area (Å²) >= 11 is 5.87. The highest BCUT2D eigenvalue weighted by Gasteiger charge is 2.45. The van der Waals surface area contributed by atoms with E-state index in [-0.39, 0.29) is 34.8 Å². The number of benzene rings is 4. The van der Waals surface area contributed by atoms with Gasteiger partial charge in [-0.15, -0.1) is 0 Å². The summed E-state index contributed by atoms with van der Waals surface area (Å²) in [7, 11) is 0. The van der Waals surface area contributed by atoms with Crippen molar-refractivity contribution in [3.05, 3.63) is 107 Å². The third-order valence-electron chi connectivity index (χ3n) is 7.00. The summed E-state index contributed by atoms with van der Waals surface area (Å²) in [4.78, 5) is 26.2. The van der Waals surface area contributed by atoms with Gasteiger partial charge in [0.2, 0.25) is 0 Å². The van der Waals surface area contributed by atoms with Crippen LogP contribution in [0.2, 0.25) is 5.02 Å². The highest BCUT2D eigenvalue weighted by Crippen LogP contribution is 2.43. The molecular weight excluding hydrogens is 593 g/mol. The van der Waals surface area contributed by atoms with Gasteiger partial charge >= 0.3 is 12.2 Å². The van der Waals surface area contributed by atoms with Crippen LogP contribution in [0.15, 0.2) is 78.9 Å². The van der Waals surface area contributed by atoms with Crippen molar-refractivity contribution in [1.29, 1.82) is 0 Å². The number of nitrogens with zero attached hydrogens (tertiary/aromatic N) is 1. The average Bonchev–Trinajstić information content (AvgIpc) is 3.13. The van der Waals surface area contributed by atoms with E-state index in [1.807, 2.05) is 0 Å². The van der Waals surface area contributed by atoms with Gasteiger partial charge in [0, 0.05) is 16.7 Å². The Morgan fingerprint density at radius 1 is 0.953 bits per heavy atom. The van der Waals surface area contributed by atoms with Crippen LogP contribution < -0.4 is 15.4 Å². The van der Waals surface area contributed by atoms with Crippen LogP contribution in [-0.4, -0.2) is 22.4 Å². The number of ether oxygens (including phenoxy) is 1. The van der Waals surface area contributed by atoms with E-state index >= 15 is 0 Å². The zero-order valence-electron chi connectivity index (χ0n) is 22.7. The Labute approximate surface area is 248 Å². The molecule has 0 aliphatic carbocycles. The summed E-state index contributed by atoms with van der Waals surface area (Å²) in [6.07, 6.45) is -4.82. The van der Waals surface area contributed by atoms with Gasteiger partial charge in [0.05, 0.1) is 23.5 Å². The van der Waals surface area contributed by atoms with Gasteiger partial charge in [-0.1, -0.05) is 35.9 Å². The number of carbonyl (C=O) groups excluding carboxylic acids is 2. The predicted molar refractivity (Wildman–Crippen MR) is 151 cm³/mol. The monoisotopic (exact) mass is 615 g/mol. The lowest BCUT2D eigenvalue weighted by Gasteiger charge is -2.29. The number of carbonyl (C=O) groups is 2. The molecule has 12 heteroatoms. The van der Waals surface area contributed by atoms with Crippen LogP contribution in [0, 0.1) is 11.6 Å². The molecule has 3 amide bonds. The molecule has 6 nitrogen and oxygen atoms in total. The lowest BCUT2D eigenvalue weighted by atomic mass is 9.96. The Morgan fingerprint density at radius 3 is 2.30 bits per heavy atom. The van der Waals surface area contributed by atoms with E-state index in [0.29, 0.717) is 16.7 Å². The molecular formula is C31H23ClF5N3O3. The lowest BCUT2D eigenvalue weighted by Crippen LogP contribution is -2.43. The second kappa shape index (κ2) is 11.2. The maximum atomic E-state index is 14.8. The average molecular weight is 616 g/mol. The molecule has 5 rings (SSSR count). The minimum absolute atomic E-state index is 0.0869. The zero-order valence-corrected chi connectivity index (χ0v) is 23.4. The van der Waals surface area contributed by atoms with Crippen molar-refractivity contribution in [2.75, 3.05) is 5.32 Å². The summed E-state index contributed by atoms with van der Waals surface area (Å²) in [5.74, 6) is -2.61. The maximum absolute atomic E-state index is 14.8. The summed E-state index contributed by atoms with van der Waals surface area (Å²) in [5, 5.41) is 5.50. The van der Waals surface area contributed by atoms with E-state index in [1.165, 1.54) is 41.3 Å². The topological polar surface area (TPSA) is 70.7 Å². The fourth-order valence-electron chi connectivity index (χ4n) is 4.62. The number of hydrogen-bond acceptors (Lipinski definition) is 4. The van der Waals surface area contributed by atoms with E-state index in [1.54, 1.807) is 26.0 Å². The van der Waals surface area contributed by atoms with Crippen molar-refractivity contribution in [1.82, 2.24) is 10.2 Å². The quantitative estimate of drug-likeness (QED) is 0.161. The Bertz CT molecular complexity index is 1730. The molecule has 0 unspecified atom stereocenters. The normalized spacial score (nSPS) is 14.6. The molecule has 1 saturated heterocycles. The number of hydrogen-bond donors (Lipinski definition) is 2. The van der Waals surface area contributed by atoms with Gasteiger partial charge < -0.3 is 15.0 Å². The fourth-order valence-corrected chi connectivity index (χ4v) is 4.74. The molecule has 43 heavy (non-hydrogen) atoms. The third kappa shape index (κ3) is 6.12. The summed E-state index contributed by atoms with van der Waals surface area (Å²) < 4.78 is 76.8. The molecule has 1 fully saturated rings. The van der Waals surface area contributed by atoms with Gasteiger partial charge in [-0.2, -0.15) is 13.2 Å². The van der Waals surface area contributed by atoms with Crippen molar-refractivity contribution < 1.29 is 36.3 Å². The Balaban J connectivity index is 1.63. The van der Waals surface area contributed by atoms with Crippen molar-refractivity contribution in [3.63, 3.8) is 0 Å². The van der Waals surface area contributed by atoms with Gasteiger partial charge in [-0.3, -0.25) is 10.1 Å². The zero-order chi connectivity index (χ0) is 31.1. The van der Waals surface area contributed by atoms with Gasteiger partial charge in [-0.25, -0.2) is 13.6 Å². The molecule has 0 atom stereocenters. The number of amides is 3. The molecule has 4 aromatic rings. The number of urea groups is 1. The second-order valence-corrected chi connectivity index (χ2v) is 10.7. The lowest BCUT2D eigenvalue weighted by molar-refractivity contribution is -0.138. The number of alkyl halides is 3. The van der Waals surface area contributed by atoms with Crippen molar-refractivity contribution in [2.24, 2.45) is 0 Å². The predicted octanol–water partition coefficient (Wildman–Crippen LogP) is 8.67. The van der Waals surface area contributed by atoms with E-state index in [2.05, 4.69) is 10.6 Å². The SMILES string of the molecule is CC1(C)C(=O)NC(=O)N1Cc1cccc(-c2ccc(Oc3ccc(Cl)cc3)c(C(F)(F)F)c2)c1Nc1ccc(F)cc1F. The van der Waals surface area contributed by atoms with E-state index in [4.69, 9.17) is 16.3 Å². The summed E-state index contributed by atoms with van der Waals surface area (Å²) in [5.41, 5.74) is -1.66. The molecule has 0 spiro atoms. The standard InChI is InChI=1S/C31H23ClF5N3O3/c1-30(2)28(41)39-29(42)40(30)16-18-4-3-5-22(27(18)38-25-12-9-20(33)15-24(25)34)17-6-13-26(23(14-17)31(35,36)37)43-21-10-7-19(32)8-11-21/h3-15,38H,16H2,1-2H3,(H,39,41,42). The van der Waals surface area contributed by atoms with E-state index in [9.17, 15) is 31.5 Å². The van der Waals surface area contributed by atoms with Crippen LogP contribution in [0.4, 0.5) is 38.1 Å². The smallest absolute Gasteiger partial charge is 0.420 e.